The first-order valence-electron chi connectivity index (χ1n) is 6.26. The van der Waals surface area contributed by atoms with Gasteiger partial charge in [-0.3, -0.25) is 0 Å². The summed E-state index contributed by atoms with van der Waals surface area (Å²) in [6.45, 7) is 3.01. The van der Waals surface area contributed by atoms with Crippen molar-refractivity contribution in [3.8, 4) is 5.69 Å². The van der Waals surface area contributed by atoms with Crippen molar-refractivity contribution in [3.63, 3.8) is 0 Å². The van der Waals surface area contributed by atoms with Crippen LogP contribution in [0.25, 0.3) is 5.69 Å². The predicted molar refractivity (Wildman–Crippen MR) is 75.9 cm³/mol. The van der Waals surface area contributed by atoms with Gasteiger partial charge in [0.1, 0.15) is 0 Å². The summed E-state index contributed by atoms with van der Waals surface area (Å²) in [5.74, 6) is 0. The monoisotopic (exact) mass is 305 g/mol. The zero-order valence-corrected chi connectivity index (χ0v) is 11.9. The Kier molecular flexibility index (Phi) is 3.22. The van der Waals surface area contributed by atoms with Gasteiger partial charge >= 0.3 is 0 Å². The van der Waals surface area contributed by atoms with Crippen molar-refractivity contribution >= 4 is 15.9 Å². The summed E-state index contributed by atoms with van der Waals surface area (Å²) in [6.07, 6.45) is 6.67. The van der Waals surface area contributed by atoms with Gasteiger partial charge in [0, 0.05) is 28.8 Å². The molecule has 0 radical (unpaired) electrons. The lowest BCUT2D eigenvalue weighted by atomic mass is 10.2. The van der Waals surface area contributed by atoms with Gasteiger partial charge in [0.2, 0.25) is 0 Å². The van der Waals surface area contributed by atoms with Gasteiger partial charge in [0.15, 0.2) is 0 Å². The second-order valence-corrected chi connectivity index (χ2v) is 5.74. The molecule has 1 aromatic carbocycles. The normalized spacial score (nSPS) is 15.0. The molecule has 0 atom stereocenters. The van der Waals surface area contributed by atoms with Gasteiger partial charge in [-0.1, -0.05) is 15.9 Å². The maximum absolute atomic E-state index is 4.42. The Morgan fingerprint density at radius 1 is 1.44 bits per heavy atom. The lowest BCUT2D eigenvalue weighted by Gasteiger charge is -2.04. The number of aromatic nitrogens is 2. The van der Waals surface area contributed by atoms with E-state index < -0.39 is 0 Å². The molecule has 1 heterocycles. The van der Waals surface area contributed by atoms with E-state index in [0.29, 0.717) is 0 Å². The molecule has 0 aliphatic heterocycles. The summed E-state index contributed by atoms with van der Waals surface area (Å²) in [4.78, 5) is 0. The molecule has 3 rings (SSSR count). The number of halogens is 1. The Labute approximate surface area is 115 Å². The average Bonchev–Trinajstić information content (AvgIpc) is 3.08. The second-order valence-electron chi connectivity index (χ2n) is 4.88. The Morgan fingerprint density at radius 2 is 2.28 bits per heavy atom. The molecular formula is C14H16BrN3. The third-order valence-corrected chi connectivity index (χ3v) is 4.10. The van der Waals surface area contributed by atoms with Crippen molar-refractivity contribution in [2.75, 3.05) is 0 Å². The Hall–Kier alpha value is -1.13. The maximum Gasteiger partial charge on any atom is 0.0649 e. The van der Waals surface area contributed by atoms with Gasteiger partial charge in [-0.25, -0.2) is 4.68 Å². The highest BCUT2D eigenvalue weighted by atomic mass is 79.9. The second kappa shape index (κ2) is 4.86. The third-order valence-electron chi connectivity index (χ3n) is 3.21. The van der Waals surface area contributed by atoms with Gasteiger partial charge in [-0.15, -0.1) is 0 Å². The fourth-order valence-electron chi connectivity index (χ4n) is 1.91. The summed E-state index contributed by atoms with van der Waals surface area (Å²) < 4.78 is 3.07. The van der Waals surface area contributed by atoms with Crippen molar-refractivity contribution in [3.05, 3.63) is 46.2 Å². The van der Waals surface area contributed by atoms with Gasteiger partial charge < -0.3 is 5.32 Å². The summed E-state index contributed by atoms with van der Waals surface area (Å²) in [5, 5.41) is 7.91. The lowest BCUT2D eigenvalue weighted by molar-refractivity contribution is 0.687. The van der Waals surface area contributed by atoms with E-state index in [1.54, 1.807) is 0 Å². The highest BCUT2D eigenvalue weighted by Gasteiger charge is 2.20. The van der Waals surface area contributed by atoms with E-state index in [9.17, 15) is 0 Å². The van der Waals surface area contributed by atoms with Crippen molar-refractivity contribution in [1.82, 2.24) is 15.1 Å². The molecule has 0 spiro atoms. The van der Waals surface area contributed by atoms with Crippen LogP contribution in [-0.4, -0.2) is 15.8 Å². The average molecular weight is 306 g/mol. The first kappa shape index (κ1) is 11.9. The molecule has 1 aliphatic rings. The molecule has 1 aliphatic carbocycles. The molecule has 0 amide bonds. The molecule has 1 fully saturated rings. The van der Waals surface area contributed by atoms with Crippen molar-refractivity contribution in [1.29, 1.82) is 0 Å². The Balaban J connectivity index is 1.76. The zero-order valence-electron chi connectivity index (χ0n) is 10.4. The molecule has 2 aromatic rings. The van der Waals surface area contributed by atoms with Crippen molar-refractivity contribution in [2.24, 2.45) is 0 Å². The van der Waals surface area contributed by atoms with E-state index in [2.05, 4.69) is 57.7 Å². The molecule has 1 saturated carbocycles. The van der Waals surface area contributed by atoms with Gasteiger partial charge in [-0.05, 0) is 43.5 Å². The minimum Gasteiger partial charge on any atom is -0.310 e. The highest BCUT2D eigenvalue weighted by Crippen LogP contribution is 2.21. The molecule has 4 heteroatoms. The van der Waals surface area contributed by atoms with Gasteiger partial charge in [0.05, 0.1) is 11.9 Å². The number of benzene rings is 1. The number of rotatable bonds is 4. The molecular weight excluding hydrogens is 290 g/mol. The quantitative estimate of drug-likeness (QED) is 0.940. The van der Waals surface area contributed by atoms with E-state index in [1.165, 1.54) is 24.0 Å². The fourth-order valence-corrected chi connectivity index (χ4v) is 2.16. The summed E-state index contributed by atoms with van der Waals surface area (Å²) >= 11 is 3.52. The Bertz CT molecular complexity index is 558. The number of nitrogens with one attached hydrogen (secondary N) is 1. The molecule has 94 valence electrons. The van der Waals surface area contributed by atoms with E-state index in [0.717, 1.165) is 22.7 Å². The minimum absolute atomic E-state index is 0.739. The molecule has 1 N–H and O–H groups in total. The minimum atomic E-state index is 0.739. The number of hydrogen-bond acceptors (Lipinski definition) is 2. The summed E-state index contributed by atoms with van der Waals surface area (Å²) in [5.41, 5.74) is 3.57. The van der Waals surface area contributed by atoms with Crippen molar-refractivity contribution < 1.29 is 0 Å². The van der Waals surface area contributed by atoms with E-state index >= 15 is 0 Å². The predicted octanol–water partition coefficient (Wildman–Crippen LogP) is 3.20. The van der Waals surface area contributed by atoms with Crippen LogP contribution in [-0.2, 0) is 6.54 Å². The van der Waals surface area contributed by atoms with Crippen LogP contribution in [0.15, 0.2) is 35.1 Å². The van der Waals surface area contributed by atoms with Crippen LogP contribution in [0.4, 0.5) is 0 Å². The van der Waals surface area contributed by atoms with Gasteiger partial charge in [-0.2, -0.15) is 5.10 Å². The fraction of sp³-hybridized carbons (Fsp3) is 0.357. The maximum atomic E-state index is 4.42. The number of aryl methyl sites for hydroxylation is 1. The highest BCUT2D eigenvalue weighted by molar-refractivity contribution is 9.10. The topological polar surface area (TPSA) is 29.9 Å². The van der Waals surface area contributed by atoms with Crippen molar-refractivity contribution in [2.45, 2.75) is 32.4 Å². The molecule has 1 aromatic heterocycles. The van der Waals surface area contributed by atoms with E-state index in [1.807, 2.05) is 10.9 Å². The van der Waals surface area contributed by atoms with Crippen LogP contribution in [0.2, 0.25) is 0 Å². The zero-order chi connectivity index (χ0) is 12.5. The van der Waals surface area contributed by atoms with Crippen LogP contribution in [0.5, 0.6) is 0 Å². The van der Waals surface area contributed by atoms with Crippen LogP contribution in [0, 0.1) is 6.92 Å². The smallest absolute Gasteiger partial charge is 0.0649 e. The molecule has 3 nitrogen and oxygen atoms in total. The third kappa shape index (κ3) is 2.65. The van der Waals surface area contributed by atoms with E-state index in [4.69, 9.17) is 0 Å². The number of nitrogens with zero attached hydrogens (tertiary/aromatic N) is 2. The molecule has 0 saturated heterocycles. The molecule has 0 unspecified atom stereocenters. The largest absolute Gasteiger partial charge is 0.310 e. The van der Waals surface area contributed by atoms with Crippen LogP contribution >= 0.6 is 15.9 Å². The van der Waals surface area contributed by atoms with Gasteiger partial charge in [0.25, 0.3) is 0 Å². The molecule has 18 heavy (non-hydrogen) atoms. The van der Waals surface area contributed by atoms with Crippen LogP contribution < -0.4 is 5.32 Å². The summed E-state index contributed by atoms with van der Waals surface area (Å²) in [6, 6.07) is 7.01. The Morgan fingerprint density at radius 3 is 3.00 bits per heavy atom. The first-order valence-corrected chi connectivity index (χ1v) is 7.05. The number of hydrogen-bond donors (Lipinski definition) is 1. The van der Waals surface area contributed by atoms with Crippen LogP contribution in [0.3, 0.4) is 0 Å². The molecule has 0 bridgehead atoms. The summed E-state index contributed by atoms with van der Waals surface area (Å²) in [7, 11) is 0. The first-order chi connectivity index (χ1) is 8.72. The standard InChI is InChI=1S/C14H16BrN3/c1-10-6-13(4-5-14(10)15)18-9-11(8-17-18)7-16-12-2-3-12/h4-6,8-9,12,16H,2-3,7H2,1H3. The van der Waals surface area contributed by atoms with E-state index in [-0.39, 0.29) is 0 Å². The van der Waals surface area contributed by atoms with Crippen LogP contribution in [0.1, 0.15) is 24.0 Å². The lowest BCUT2D eigenvalue weighted by Crippen LogP contribution is -2.14. The SMILES string of the molecule is Cc1cc(-n2cc(CNC3CC3)cn2)ccc1Br.